The lowest BCUT2D eigenvalue weighted by atomic mass is 10.1. The van der Waals surface area contributed by atoms with Gasteiger partial charge in [0, 0.05) is 49.3 Å². The van der Waals surface area contributed by atoms with E-state index in [2.05, 4.69) is 25.5 Å². The van der Waals surface area contributed by atoms with Crippen LogP contribution in [0.3, 0.4) is 0 Å². The molecule has 190 valence electrons. The average molecular weight is 502 g/mol. The van der Waals surface area contributed by atoms with Crippen molar-refractivity contribution in [1.29, 1.82) is 0 Å². The highest BCUT2D eigenvalue weighted by atomic mass is 19.4. The van der Waals surface area contributed by atoms with Crippen LogP contribution < -0.4 is 26.0 Å². The van der Waals surface area contributed by atoms with Gasteiger partial charge in [-0.2, -0.15) is 13.2 Å². The minimum Gasteiger partial charge on any atom is -0.439 e. The number of amides is 2. The standard InChI is InChI=1S/C24H26F3N7O2/c1-15-9-17(3-4-20(15)36-22-13-21(28)29-14-30-22)31-23(35)32-18-10-16(24(25,26)27)11-19(12-18)34-7-5-33(2)6-8-34/h3-4,9-14H,5-8H2,1-2H3,(H2,28,29,30)(H2,31,32,35). The lowest BCUT2D eigenvalue weighted by Crippen LogP contribution is -2.44. The number of nitrogens with one attached hydrogen (secondary N) is 2. The molecule has 0 radical (unpaired) electrons. The van der Waals surface area contributed by atoms with Gasteiger partial charge in [0.05, 0.1) is 5.56 Å². The third-order valence-electron chi connectivity index (χ3n) is 5.68. The number of carbonyl (C=O) groups is 1. The molecule has 2 aromatic carbocycles. The Bertz CT molecular complexity index is 1240. The number of aryl methyl sites for hydroxylation is 1. The van der Waals surface area contributed by atoms with Crippen molar-refractivity contribution in [3.63, 3.8) is 0 Å². The Labute approximate surface area is 206 Å². The maximum Gasteiger partial charge on any atom is 0.416 e. The summed E-state index contributed by atoms with van der Waals surface area (Å²) in [5.74, 6) is 1.02. The summed E-state index contributed by atoms with van der Waals surface area (Å²) in [5.41, 5.74) is 6.40. The molecule has 2 amide bonds. The van der Waals surface area contributed by atoms with E-state index in [4.69, 9.17) is 10.5 Å². The number of halogens is 3. The first-order valence-electron chi connectivity index (χ1n) is 11.2. The van der Waals surface area contributed by atoms with Crippen molar-refractivity contribution in [1.82, 2.24) is 14.9 Å². The number of aromatic nitrogens is 2. The van der Waals surface area contributed by atoms with Gasteiger partial charge in [-0.25, -0.2) is 14.8 Å². The highest BCUT2D eigenvalue weighted by molar-refractivity contribution is 6.00. The topological polar surface area (TPSA) is 109 Å². The predicted octanol–water partition coefficient (Wildman–Crippen LogP) is 4.57. The lowest BCUT2D eigenvalue weighted by molar-refractivity contribution is -0.137. The molecule has 3 aromatic rings. The van der Waals surface area contributed by atoms with Crippen molar-refractivity contribution in [3.05, 3.63) is 59.9 Å². The van der Waals surface area contributed by atoms with Crippen LogP contribution in [0.1, 0.15) is 11.1 Å². The molecule has 0 saturated carbocycles. The summed E-state index contributed by atoms with van der Waals surface area (Å²) in [7, 11) is 1.97. The molecule has 0 aliphatic carbocycles. The molecule has 1 aliphatic heterocycles. The van der Waals surface area contributed by atoms with Gasteiger partial charge in [0.2, 0.25) is 5.88 Å². The Morgan fingerprint density at radius 3 is 2.39 bits per heavy atom. The van der Waals surface area contributed by atoms with Gasteiger partial charge in [0.25, 0.3) is 0 Å². The van der Waals surface area contributed by atoms with Crippen LogP contribution in [0.4, 0.5) is 40.8 Å². The summed E-state index contributed by atoms with van der Waals surface area (Å²) in [6.45, 7) is 4.45. The van der Waals surface area contributed by atoms with E-state index >= 15 is 0 Å². The summed E-state index contributed by atoms with van der Waals surface area (Å²) < 4.78 is 46.3. The smallest absolute Gasteiger partial charge is 0.416 e. The Morgan fingerprint density at radius 2 is 1.72 bits per heavy atom. The van der Waals surface area contributed by atoms with Crippen LogP contribution >= 0.6 is 0 Å². The highest BCUT2D eigenvalue weighted by Crippen LogP contribution is 2.35. The third kappa shape index (κ3) is 6.33. The van der Waals surface area contributed by atoms with E-state index in [1.807, 2.05) is 11.9 Å². The lowest BCUT2D eigenvalue weighted by Gasteiger charge is -2.34. The first-order valence-corrected chi connectivity index (χ1v) is 11.2. The second-order valence-corrected chi connectivity index (χ2v) is 8.50. The van der Waals surface area contributed by atoms with Crippen LogP contribution in [0.5, 0.6) is 11.6 Å². The fourth-order valence-corrected chi connectivity index (χ4v) is 3.75. The zero-order valence-corrected chi connectivity index (χ0v) is 19.8. The van der Waals surface area contributed by atoms with E-state index in [9.17, 15) is 18.0 Å². The number of urea groups is 1. The molecule has 4 N–H and O–H groups in total. The maximum absolute atomic E-state index is 13.5. The molecule has 0 unspecified atom stereocenters. The average Bonchev–Trinajstić information content (AvgIpc) is 2.80. The Kier molecular flexibility index (Phi) is 7.15. The molecule has 1 saturated heterocycles. The Hall–Kier alpha value is -4.06. The first kappa shape index (κ1) is 25.0. The van der Waals surface area contributed by atoms with Gasteiger partial charge < -0.3 is 30.9 Å². The summed E-state index contributed by atoms with van der Waals surface area (Å²) in [6, 6.07) is 9.31. The van der Waals surface area contributed by atoms with Gasteiger partial charge >= 0.3 is 12.2 Å². The third-order valence-corrected chi connectivity index (χ3v) is 5.68. The molecular weight excluding hydrogens is 475 g/mol. The normalized spacial score (nSPS) is 14.4. The van der Waals surface area contributed by atoms with Crippen LogP contribution in [0.15, 0.2) is 48.8 Å². The zero-order valence-electron chi connectivity index (χ0n) is 19.8. The molecule has 1 aliphatic rings. The molecule has 36 heavy (non-hydrogen) atoms. The fourth-order valence-electron chi connectivity index (χ4n) is 3.75. The Balaban J connectivity index is 1.47. The second kappa shape index (κ2) is 10.3. The van der Waals surface area contributed by atoms with Crippen LogP contribution in [-0.4, -0.2) is 54.1 Å². The number of carbonyl (C=O) groups excluding carboxylic acids is 1. The summed E-state index contributed by atoms with van der Waals surface area (Å²) in [4.78, 5) is 24.4. The monoisotopic (exact) mass is 501 g/mol. The number of piperazine rings is 1. The number of nitrogens with zero attached hydrogens (tertiary/aromatic N) is 4. The number of hydrogen-bond acceptors (Lipinski definition) is 7. The van der Waals surface area contributed by atoms with Crippen LogP contribution in [-0.2, 0) is 6.18 Å². The van der Waals surface area contributed by atoms with Gasteiger partial charge in [-0.15, -0.1) is 0 Å². The molecule has 0 atom stereocenters. The number of likely N-dealkylation sites (N-methyl/N-ethyl adjacent to an activating group) is 1. The second-order valence-electron chi connectivity index (χ2n) is 8.50. The molecule has 0 bridgehead atoms. The van der Waals surface area contributed by atoms with E-state index in [0.717, 1.165) is 25.2 Å². The molecule has 0 spiro atoms. The van der Waals surface area contributed by atoms with Crippen LogP contribution in [0, 0.1) is 6.92 Å². The molecule has 12 heteroatoms. The van der Waals surface area contributed by atoms with Gasteiger partial charge in [-0.05, 0) is 55.9 Å². The quantitative estimate of drug-likeness (QED) is 0.470. The number of rotatable bonds is 5. The van der Waals surface area contributed by atoms with Crippen molar-refractivity contribution < 1.29 is 22.7 Å². The maximum atomic E-state index is 13.5. The summed E-state index contributed by atoms with van der Waals surface area (Å²) in [5, 5.41) is 5.16. The predicted molar refractivity (Wildman–Crippen MR) is 131 cm³/mol. The van der Waals surface area contributed by atoms with Crippen molar-refractivity contribution in [2.75, 3.05) is 54.5 Å². The van der Waals surface area contributed by atoms with E-state index < -0.39 is 17.8 Å². The first-order chi connectivity index (χ1) is 17.1. The van der Waals surface area contributed by atoms with Gasteiger partial charge in [-0.1, -0.05) is 0 Å². The number of ether oxygens (including phenoxy) is 1. The number of hydrogen-bond donors (Lipinski definition) is 3. The van der Waals surface area contributed by atoms with Crippen molar-refractivity contribution >= 4 is 28.9 Å². The molecule has 1 aromatic heterocycles. The summed E-state index contributed by atoms with van der Waals surface area (Å²) >= 11 is 0. The minimum absolute atomic E-state index is 0.0503. The molecule has 1 fully saturated rings. The van der Waals surface area contributed by atoms with Crippen molar-refractivity contribution in [3.8, 4) is 11.6 Å². The number of nitrogens with two attached hydrogens (primary N) is 1. The number of benzene rings is 2. The van der Waals surface area contributed by atoms with Gasteiger partial charge in [0.15, 0.2) is 0 Å². The van der Waals surface area contributed by atoms with E-state index in [1.54, 1.807) is 31.2 Å². The van der Waals surface area contributed by atoms with E-state index in [0.29, 0.717) is 35.8 Å². The number of nitrogen functional groups attached to an aromatic ring is 1. The zero-order chi connectivity index (χ0) is 25.9. The van der Waals surface area contributed by atoms with Crippen LogP contribution in [0.25, 0.3) is 0 Å². The molecule has 9 nitrogen and oxygen atoms in total. The molecular formula is C24H26F3N7O2. The number of alkyl halides is 3. The van der Waals surface area contributed by atoms with Gasteiger partial charge in [0.1, 0.15) is 17.9 Å². The largest absolute Gasteiger partial charge is 0.439 e. The number of anilines is 4. The Morgan fingerprint density at radius 1 is 1.00 bits per heavy atom. The molecule has 4 rings (SSSR count). The van der Waals surface area contributed by atoms with Gasteiger partial charge in [-0.3, -0.25) is 0 Å². The highest BCUT2D eigenvalue weighted by Gasteiger charge is 2.32. The van der Waals surface area contributed by atoms with Crippen molar-refractivity contribution in [2.45, 2.75) is 13.1 Å². The van der Waals surface area contributed by atoms with Crippen LogP contribution in [0.2, 0.25) is 0 Å². The minimum atomic E-state index is -4.54. The summed E-state index contributed by atoms with van der Waals surface area (Å²) in [6.07, 6.45) is -3.26. The van der Waals surface area contributed by atoms with Crippen molar-refractivity contribution in [2.24, 2.45) is 0 Å². The SMILES string of the molecule is Cc1cc(NC(=O)Nc2cc(N3CCN(C)CC3)cc(C(F)(F)F)c2)ccc1Oc1cc(N)ncn1. The van der Waals surface area contributed by atoms with E-state index in [-0.39, 0.29) is 17.4 Å². The fraction of sp³-hybridized carbons (Fsp3) is 0.292. The molecule has 2 heterocycles. The van der Waals surface area contributed by atoms with E-state index in [1.165, 1.54) is 12.4 Å².